The minimum atomic E-state index is -0.917. The molecule has 240 valence electrons. The van der Waals surface area contributed by atoms with Gasteiger partial charge in [-0.2, -0.15) is 0 Å². The third kappa shape index (κ3) is 10.8. The third-order valence-corrected chi connectivity index (χ3v) is 7.41. The number of benzene rings is 2. The molecule has 3 rings (SSSR count). The molecule has 7 nitrogen and oxygen atoms in total. The van der Waals surface area contributed by atoms with Gasteiger partial charge >= 0.3 is 11.9 Å². The first kappa shape index (κ1) is 35.3. The molecule has 0 fully saturated rings. The Morgan fingerprint density at radius 1 is 0.891 bits per heavy atom. The van der Waals surface area contributed by atoms with Crippen LogP contribution >= 0.6 is 0 Å². The van der Waals surface area contributed by atoms with Crippen molar-refractivity contribution in [2.45, 2.75) is 60.0 Å². The second-order valence-corrected chi connectivity index (χ2v) is 11.9. The van der Waals surface area contributed by atoms with Crippen LogP contribution in [0.2, 0.25) is 0 Å². The summed E-state index contributed by atoms with van der Waals surface area (Å²) in [5.74, 6) is -1.24. The summed E-state index contributed by atoms with van der Waals surface area (Å²) < 4.78 is 10.9. The Balaban J connectivity index is 1.52. The lowest BCUT2D eigenvalue weighted by molar-refractivity contribution is -0.157. The van der Waals surface area contributed by atoms with E-state index in [-0.39, 0.29) is 30.1 Å². The molecule has 2 aromatic rings. The van der Waals surface area contributed by atoms with Gasteiger partial charge in [0, 0.05) is 12.5 Å². The molecule has 7 heteroatoms. The molecule has 1 unspecified atom stereocenters. The molecule has 0 aromatic heterocycles. The van der Waals surface area contributed by atoms with Gasteiger partial charge in [0.25, 0.3) is 0 Å². The molecular formula is C39H42O7. The number of carbonyl (C=O) groups is 3. The number of allylic oxidation sites excluding steroid dienone is 10. The molecule has 0 heterocycles. The minimum Gasteiger partial charge on any atom is -0.508 e. The summed E-state index contributed by atoms with van der Waals surface area (Å²) in [4.78, 5) is 38.2. The zero-order valence-electron chi connectivity index (χ0n) is 27.1. The van der Waals surface area contributed by atoms with Crippen LogP contribution in [-0.2, 0) is 19.1 Å². The average molecular weight is 623 g/mol. The van der Waals surface area contributed by atoms with Crippen LogP contribution in [-0.4, -0.2) is 34.0 Å². The lowest BCUT2D eigenvalue weighted by Crippen LogP contribution is -2.39. The van der Waals surface area contributed by atoms with E-state index in [9.17, 15) is 24.6 Å². The van der Waals surface area contributed by atoms with E-state index in [1.165, 1.54) is 18.2 Å². The van der Waals surface area contributed by atoms with Gasteiger partial charge in [0.15, 0.2) is 11.9 Å². The summed E-state index contributed by atoms with van der Waals surface area (Å²) >= 11 is 0. The largest absolute Gasteiger partial charge is 0.508 e. The monoisotopic (exact) mass is 622 g/mol. The van der Waals surface area contributed by atoms with Gasteiger partial charge in [-0.15, -0.1) is 0 Å². The Kier molecular flexibility index (Phi) is 12.5. The van der Waals surface area contributed by atoms with E-state index in [1.807, 2.05) is 64.2 Å². The van der Waals surface area contributed by atoms with Crippen LogP contribution in [0.4, 0.5) is 0 Å². The van der Waals surface area contributed by atoms with Gasteiger partial charge < -0.3 is 19.7 Å². The highest BCUT2D eigenvalue weighted by molar-refractivity contribution is 6.01. The molecular weight excluding hydrogens is 580 g/mol. The Hall–Kier alpha value is -5.17. The third-order valence-electron chi connectivity index (χ3n) is 7.41. The van der Waals surface area contributed by atoms with Gasteiger partial charge in [-0.1, -0.05) is 98.4 Å². The molecule has 46 heavy (non-hydrogen) atoms. The van der Waals surface area contributed by atoms with Crippen LogP contribution < -0.4 is 4.74 Å². The van der Waals surface area contributed by atoms with Crippen molar-refractivity contribution in [1.82, 2.24) is 0 Å². The van der Waals surface area contributed by atoms with Crippen molar-refractivity contribution >= 4 is 29.9 Å². The van der Waals surface area contributed by atoms with Crippen LogP contribution in [0.3, 0.4) is 0 Å². The number of rotatable bonds is 12. The summed E-state index contributed by atoms with van der Waals surface area (Å²) in [6, 6.07) is 11.0. The van der Waals surface area contributed by atoms with Crippen molar-refractivity contribution in [3.05, 3.63) is 125 Å². The van der Waals surface area contributed by atoms with E-state index in [0.29, 0.717) is 23.3 Å². The van der Waals surface area contributed by atoms with E-state index in [2.05, 4.69) is 6.58 Å². The number of phenolic OH excluding ortho intramolecular Hbond substituents is 2. The highest BCUT2D eigenvalue weighted by Crippen LogP contribution is 2.41. The number of carbonyl (C=O) groups excluding carboxylic acids is 3. The SMILES string of the molecule is C=C/C=C(C)/C=C/C=C(C)/C=C/C1=C(C)C(=O)C(OC(=O)CCC(=O)Oc2ccc(/C=C/c3cc(O)cc(O)c3)cc2)CC1(C)C. The fraction of sp³-hybridized carbons (Fsp3) is 0.256. The van der Waals surface area contributed by atoms with Gasteiger partial charge in [0.1, 0.15) is 17.2 Å². The maximum absolute atomic E-state index is 13.1. The van der Waals surface area contributed by atoms with Crippen molar-refractivity contribution in [2.75, 3.05) is 0 Å². The fourth-order valence-electron chi connectivity index (χ4n) is 5.02. The molecule has 0 saturated heterocycles. The normalized spacial score (nSPS) is 17.2. The van der Waals surface area contributed by atoms with Crippen LogP contribution in [0.15, 0.2) is 114 Å². The standard InChI is InChI=1S/C39H42O7/c1-7-9-26(2)10-8-11-27(3)12-19-34-28(4)38(44)35(25-39(34,5)6)46-37(43)21-20-36(42)45-33-17-15-29(16-18-33)13-14-30-22-31(40)24-32(41)23-30/h7-19,22-24,35,40-41H,1,20-21,25H2,2-6H3/b10-8+,14-13+,19-12+,26-9+,27-11+. The second-order valence-electron chi connectivity index (χ2n) is 11.9. The number of phenols is 2. The van der Waals surface area contributed by atoms with Crippen LogP contribution in [0.5, 0.6) is 17.2 Å². The molecule has 2 aromatic carbocycles. The van der Waals surface area contributed by atoms with Gasteiger partial charge in [-0.25, -0.2) is 0 Å². The maximum Gasteiger partial charge on any atom is 0.311 e. The van der Waals surface area contributed by atoms with E-state index in [4.69, 9.17) is 9.47 Å². The van der Waals surface area contributed by atoms with Gasteiger partial charge in [0.05, 0.1) is 12.8 Å². The predicted molar refractivity (Wildman–Crippen MR) is 182 cm³/mol. The highest BCUT2D eigenvalue weighted by atomic mass is 16.6. The van der Waals surface area contributed by atoms with Crippen molar-refractivity contribution in [3.63, 3.8) is 0 Å². The molecule has 0 saturated carbocycles. The first-order valence-electron chi connectivity index (χ1n) is 15.1. The zero-order valence-corrected chi connectivity index (χ0v) is 27.1. The molecule has 2 N–H and O–H groups in total. The quantitative estimate of drug-likeness (QED) is 0.106. The van der Waals surface area contributed by atoms with E-state index >= 15 is 0 Å². The predicted octanol–water partition coefficient (Wildman–Crippen LogP) is 8.37. The first-order chi connectivity index (χ1) is 21.8. The number of ether oxygens (including phenoxy) is 2. The summed E-state index contributed by atoms with van der Waals surface area (Å²) in [7, 11) is 0. The molecule has 0 spiro atoms. The number of ketones is 1. The number of hydrogen-bond donors (Lipinski definition) is 2. The average Bonchev–Trinajstić information content (AvgIpc) is 2.98. The van der Waals surface area contributed by atoms with Gasteiger partial charge in [-0.05, 0) is 72.7 Å². The molecule has 0 radical (unpaired) electrons. The molecule has 1 atom stereocenters. The zero-order chi connectivity index (χ0) is 33.9. The molecule has 1 aliphatic carbocycles. The summed E-state index contributed by atoms with van der Waals surface area (Å²) in [6.45, 7) is 13.5. The Labute approximate surface area is 271 Å². The lowest BCUT2D eigenvalue weighted by atomic mass is 9.71. The van der Waals surface area contributed by atoms with Crippen molar-refractivity contribution in [3.8, 4) is 17.2 Å². The number of esters is 2. The van der Waals surface area contributed by atoms with Crippen molar-refractivity contribution in [1.29, 1.82) is 0 Å². The van der Waals surface area contributed by atoms with Gasteiger partial charge in [-0.3, -0.25) is 14.4 Å². The fourth-order valence-corrected chi connectivity index (χ4v) is 5.02. The van der Waals surface area contributed by atoms with Crippen molar-refractivity contribution < 1.29 is 34.1 Å². The summed E-state index contributed by atoms with van der Waals surface area (Å²) in [5, 5.41) is 19.2. The smallest absolute Gasteiger partial charge is 0.311 e. The summed E-state index contributed by atoms with van der Waals surface area (Å²) in [5.41, 5.74) is 4.57. The molecule has 0 aliphatic heterocycles. The first-order valence-corrected chi connectivity index (χ1v) is 15.1. The number of aromatic hydroxyl groups is 2. The topological polar surface area (TPSA) is 110 Å². The number of hydrogen-bond acceptors (Lipinski definition) is 7. The summed E-state index contributed by atoms with van der Waals surface area (Å²) in [6.07, 6.45) is 16.0. The lowest BCUT2D eigenvalue weighted by Gasteiger charge is -2.36. The molecule has 0 amide bonds. The van der Waals surface area contributed by atoms with Crippen LogP contribution in [0, 0.1) is 5.41 Å². The van der Waals surface area contributed by atoms with Crippen LogP contribution in [0.25, 0.3) is 12.2 Å². The van der Waals surface area contributed by atoms with E-state index in [1.54, 1.807) is 49.4 Å². The van der Waals surface area contributed by atoms with E-state index in [0.717, 1.165) is 22.3 Å². The molecule has 0 bridgehead atoms. The van der Waals surface area contributed by atoms with Gasteiger partial charge in [0.2, 0.25) is 0 Å². The van der Waals surface area contributed by atoms with Crippen molar-refractivity contribution in [2.24, 2.45) is 5.41 Å². The van der Waals surface area contributed by atoms with E-state index < -0.39 is 23.5 Å². The van der Waals surface area contributed by atoms with Crippen LogP contribution in [0.1, 0.15) is 65.0 Å². The second kappa shape index (κ2) is 16.2. The molecule has 1 aliphatic rings. The Morgan fingerprint density at radius 3 is 2.15 bits per heavy atom. The maximum atomic E-state index is 13.1. The Bertz CT molecular complexity index is 1620. The number of Topliss-reactive ketones (excluding diaryl/α,β-unsaturated/α-hetero) is 1. The minimum absolute atomic E-state index is 0.0412. The highest BCUT2D eigenvalue weighted by Gasteiger charge is 2.39. The Morgan fingerprint density at radius 2 is 1.50 bits per heavy atom.